The van der Waals surface area contributed by atoms with Gasteiger partial charge in [0.25, 0.3) is 0 Å². The highest BCUT2D eigenvalue weighted by Crippen LogP contribution is 2.13. The van der Waals surface area contributed by atoms with Gasteiger partial charge in [0.15, 0.2) is 0 Å². The summed E-state index contributed by atoms with van der Waals surface area (Å²) in [5.74, 6) is -2.88. The number of ether oxygens (including phenoxy) is 4. The van der Waals surface area contributed by atoms with Gasteiger partial charge in [0.05, 0.1) is 39.6 Å². The lowest BCUT2D eigenvalue weighted by atomic mass is 10.0. The van der Waals surface area contributed by atoms with Gasteiger partial charge in [0.1, 0.15) is 25.5 Å². The van der Waals surface area contributed by atoms with E-state index in [9.17, 15) is 33.9 Å². The normalized spacial score (nSPS) is 11.5. The van der Waals surface area contributed by atoms with Crippen LogP contribution in [0.3, 0.4) is 0 Å². The van der Waals surface area contributed by atoms with Gasteiger partial charge in [0.2, 0.25) is 17.7 Å². The van der Waals surface area contributed by atoms with Crippen molar-refractivity contribution in [3.8, 4) is 0 Å². The maximum Gasteiger partial charge on any atom is 0.326 e. The Morgan fingerprint density at radius 3 is 1.54 bits per heavy atom. The number of unbranched alkanes of at least 4 members (excludes halogenated alkanes) is 11. The summed E-state index contributed by atoms with van der Waals surface area (Å²) >= 11 is 0. The molecule has 278 valence electrons. The highest BCUT2D eigenvalue weighted by molar-refractivity contribution is 5.84. The van der Waals surface area contributed by atoms with Crippen LogP contribution in [-0.2, 0) is 47.7 Å². The minimum absolute atomic E-state index is 0.0199. The first-order valence-electron chi connectivity index (χ1n) is 17.3. The molecule has 1 atom stereocenters. The van der Waals surface area contributed by atoms with E-state index in [0.717, 1.165) is 51.4 Å². The molecule has 0 aromatic heterocycles. The van der Waals surface area contributed by atoms with Crippen LogP contribution < -0.4 is 16.0 Å². The van der Waals surface area contributed by atoms with E-state index in [-0.39, 0.29) is 83.0 Å². The molecule has 0 bridgehead atoms. The van der Waals surface area contributed by atoms with Gasteiger partial charge in [-0.2, -0.15) is 0 Å². The SMILES string of the molecule is O=CCOCCOCCNC(=O)COCCOCCNC(=O)CC[C@H](NC(=O)CCCCCCCCCCCCCCC(=O)O)C(=O)O. The van der Waals surface area contributed by atoms with E-state index in [1.165, 1.54) is 19.3 Å². The predicted molar refractivity (Wildman–Crippen MR) is 176 cm³/mol. The van der Waals surface area contributed by atoms with Crippen molar-refractivity contribution < 1.29 is 57.9 Å². The standard InChI is InChI=1S/C33H59N3O12/c37-19-22-47-24-23-45-21-18-35-31(40)27-48-26-25-46-20-17-34-29(38)16-15-28(33(43)44)36-30(39)13-11-9-7-5-3-1-2-4-6-8-10-12-14-32(41)42/h19,28H,1-18,20-27H2,(H,34,38)(H,35,40)(H,36,39)(H,41,42)(H,43,44)/t28-/m0/s1. The lowest BCUT2D eigenvalue weighted by Gasteiger charge is -2.14. The fourth-order valence-corrected chi connectivity index (χ4v) is 4.53. The number of rotatable bonds is 36. The molecule has 0 aliphatic heterocycles. The maximum atomic E-state index is 12.2. The summed E-state index contributed by atoms with van der Waals surface area (Å²) in [5.41, 5.74) is 0. The molecule has 3 amide bonds. The van der Waals surface area contributed by atoms with Crippen LogP contribution in [0.5, 0.6) is 0 Å². The quantitative estimate of drug-likeness (QED) is 0.0474. The first-order valence-corrected chi connectivity index (χ1v) is 17.3. The second-order valence-electron chi connectivity index (χ2n) is 11.4. The van der Waals surface area contributed by atoms with E-state index in [0.29, 0.717) is 39.1 Å². The molecule has 0 fully saturated rings. The van der Waals surface area contributed by atoms with Crippen LogP contribution in [0.15, 0.2) is 0 Å². The summed E-state index contributed by atoms with van der Waals surface area (Å²) in [6.07, 6.45) is 13.5. The minimum atomic E-state index is -1.18. The molecule has 48 heavy (non-hydrogen) atoms. The zero-order valence-electron chi connectivity index (χ0n) is 28.5. The molecule has 0 aromatic rings. The van der Waals surface area contributed by atoms with Crippen molar-refractivity contribution in [1.82, 2.24) is 16.0 Å². The Labute approximate surface area is 284 Å². The van der Waals surface area contributed by atoms with Crippen LogP contribution in [0.25, 0.3) is 0 Å². The van der Waals surface area contributed by atoms with E-state index < -0.39 is 18.0 Å². The van der Waals surface area contributed by atoms with Crippen molar-refractivity contribution in [2.24, 2.45) is 0 Å². The van der Waals surface area contributed by atoms with Crippen molar-refractivity contribution in [3.05, 3.63) is 0 Å². The number of hydrogen-bond acceptors (Lipinski definition) is 10. The Morgan fingerprint density at radius 1 is 0.542 bits per heavy atom. The molecule has 0 saturated heterocycles. The average Bonchev–Trinajstić information content (AvgIpc) is 3.05. The Hall–Kier alpha value is -3.14. The number of carbonyl (C=O) groups excluding carboxylic acids is 4. The summed E-state index contributed by atoms with van der Waals surface area (Å²) in [6, 6.07) is -1.13. The van der Waals surface area contributed by atoms with Crippen LogP contribution in [0, 0.1) is 0 Å². The molecular formula is C33H59N3O12. The molecule has 0 spiro atoms. The molecule has 0 saturated carbocycles. The van der Waals surface area contributed by atoms with Crippen molar-refractivity contribution in [2.45, 2.75) is 109 Å². The largest absolute Gasteiger partial charge is 0.481 e. The van der Waals surface area contributed by atoms with Crippen molar-refractivity contribution in [2.75, 3.05) is 65.9 Å². The number of carbonyl (C=O) groups is 6. The van der Waals surface area contributed by atoms with Crippen molar-refractivity contribution in [1.29, 1.82) is 0 Å². The van der Waals surface area contributed by atoms with E-state index >= 15 is 0 Å². The van der Waals surface area contributed by atoms with Gasteiger partial charge in [-0.1, -0.05) is 64.2 Å². The van der Waals surface area contributed by atoms with Gasteiger partial charge in [-0.25, -0.2) is 4.79 Å². The number of carboxylic acid groups (broad SMARTS) is 2. The monoisotopic (exact) mass is 689 g/mol. The highest BCUT2D eigenvalue weighted by atomic mass is 16.5. The molecule has 0 aliphatic rings. The molecule has 15 nitrogen and oxygen atoms in total. The van der Waals surface area contributed by atoms with Gasteiger partial charge >= 0.3 is 11.9 Å². The molecule has 0 radical (unpaired) electrons. The number of aliphatic carboxylic acids is 2. The molecule has 0 aliphatic carbocycles. The predicted octanol–water partition coefficient (Wildman–Crippen LogP) is 2.38. The minimum Gasteiger partial charge on any atom is -0.481 e. The van der Waals surface area contributed by atoms with Gasteiger partial charge in [-0.3, -0.25) is 19.2 Å². The molecule has 0 unspecified atom stereocenters. The van der Waals surface area contributed by atoms with Crippen LogP contribution in [-0.4, -0.2) is 118 Å². The Morgan fingerprint density at radius 2 is 1.02 bits per heavy atom. The van der Waals surface area contributed by atoms with Crippen molar-refractivity contribution in [3.63, 3.8) is 0 Å². The van der Waals surface area contributed by atoms with E-state index in [2.05, 4.69) is 16.0 Å². The number of aldehydes is 1. The van der Waals surface area contributed by atoms with Crippen molar-refractivity contribution >= 4 is 35.9 Å². The third-order valence-electron chi connectivity index (χ3n) is 7.14. The second-order valence-corrected chi connectivity index (χ2v) is 11.4. The highest BCUT2D eigenvalue weighted by Gasteiger charge is 2.20. The van der Waals surface area contributed by atoms with E-state index in [1.807, 2.05) is 0 Å². The number of amides is 3. The lowest BCUT2D eigenvalue weighted by molar-refractivity contribution is -0.142. The Balaban J connectivity index is 3.68. The fraction of sp³-hybridized carbons (Fsp3) is 0.818. The molecule has 0 rings (SSSR count). The number of carboxylic acids is 2. The number of nitrogens with one attached hydrogen (secondary N) is 3. The van der Waals surface area contributed by atoms with Crippen LogP contribution in [0.1, 0.15) is 103 Å². The summed E-state index contributed by atoms with van der Waals surface area (Å²) in [7, 11) is 0. The molecule has 0 heterocycles. The molecule has 0 aromatic carbocycles. The number of hydrogen-bond donors (Lipinski definition) is 5. The van der Waals surface area contributed by atoms with Crippen LogP contribution in [0.2, 0.25) is 0 Å². The average molecular weight is 690 g/mol. The second kappa shape index (κ2) is 33.7. The summed E-state index contributed by atoms with van der Waals surface area (Å²) in [4.78, 5) is 68.1. The zero-order valence-corrected chi connectivity index (χ0v) is 28.5. The summed E-state index contributed by atoms with van der Waals surface area (Å²) in [5, 5.41) is 25.9. The lowest BCUT2D eigenvalue weighted by Crippen LogP contribution is -2.41. The first-order chi connectivity index (χ1) is 23.3. The zero-order chi connectivity index (χ0) is 35.5. The first kappa shape index (κ1) is 44.9. The molecule has 15 heteroatoms. The summed E-state index contributed by atoms with van der Waals surface area (Å²) in [6.45, 7) is 1.99. The van der Waals surface area contributed by atoms with Crippen LogP contribution >= 0.6 is 0 Å². The van der Waals surface area contributed by atoms with E-state index in [4.69, 9.17) is 24.1 Å². The third-order valence-corrected chi connectivity index (χ3v) is 7.14. The van der Waals surface area contributed by atoms with Gasteiger partial charge in [-0.05, 0) is 19.3 Å². The van der Waals surface area contributed by atoms with Gasteiger partial charge in [0, 0.05) is 32.4 Å². The molecule has 5 N–H and O–H groups in total. The maximum absolute atomic E-state index is 12.2. The fourth-order valence-electron chi connectivity index (χ4n) is 4.53. The smallest absolute Gasteiger partial charge is 0.326 e. The molecular weight excluding hydrogens is 630 g/mol. The third kappa shape index (κ3) is 32.8. The Kier molecular flexibility index (Phi) is 31.5. The Bertz CT molecular complexity index is 875. The topological polar surface area (TPSA) is 216 Å². The van der Waals surface area contributed by atoms with Gasteiger partial charge in [-0.15, -0.1) is 0 Å². The van der Waals surface area contributed by atoms with Crippen LogP contribution in [0.4, 0.5) is 0 Å². The van der Waals surface area contributed by atoms with E-state index in [1.54, 1.807) is 0 Å². The van der Waals surface area contributed by atoms with Gasteiger partial charge < -0.3 is 49.9 Å². The summed E-state index contributed by atoms with van der Waals surface area (Å²) < 4.78 is 20.7.